The summed E-state index contributed by atoms with van der Waals surface area (Å²) >= 11 is 6.20. The molecule has 2 atom stereocenters. The summed E-state index contributed by atoms with van der Waals surface area (Å²) in [6, 6.07) is 14.2. The monoisotopic (exact) mass is 471 g/mol. The van der Waals surface area contributed by atoms with Crippen molar-refractivity contribution in [2.75, 3.05) is 23.7 Å². The Hall–Kier alpha value is -3.60. The molecule has 7 nitrogen and oxygen atoms in total. The van der Waals surface area contributed by atoms with Crippen molar-refractivity contribution in [3.05, 3.63) is 58.7 Å². The lowest BCUT2D eigenvalue weighted by Crippen LogP contribution is -2.47. The van der Waals surface area contributed by atoms with E-state index in [0.29, 0.717) is 36.2 Å². The molecule has 8 heteroatoms. The van der Waals surface area contributed by atoms with Crippen molar-refractivity contribution in [3.8, 4) is 28.6 Å². The van der Waals surface area contributed by atoms with E-state index in [0.717, 1.165) is 44.5 Å². The van der Waals surface area contributed by atoms with Gasteiger partial charge in [-0.2, -0.15) is 5.26 Å². The highest BCUT2D eigenvalue weighted by molar-refractivity contribution is 6.31. The van der Waals surface area contributed by atoms with Gasteiger partial charge in [0.2, 0.25) is 0 Å². The largest absolute Gasteiger partial charge is 0.383 e. The van der Waals surface area contributed by atoms with E-state index in [1.165, 1.54) is 0 Å². The molecule has 2 unspecified atom stereocenters. The number of halogens is 1. The summed E-state index contributed by atoms with van der Waals surface area (Å²) in [4.78, 5) is 15.0. The number of nitrogen functional groups attached to an aromatic ring is 1. The van der Waals surface area contributed by atoms with Crippen molar-refractivity contribution in [3.63, 3.8) is 0 Å². The highest BCUT2D eigenvalue weighted by Gasteiger charge is 2.31. The Labute approximate surface area is 203 Å². The number of fused-ring (bicyclic) bond motifs is 1. The molecule has 0 bridgehead atoms. The van der Waals surface area contributed by atoms with E-state index in [-0.39, 0.29) is 12.0 Å². The average Bonchev–Trinajstić information content (AvgIpc) is 3.21. The second-order valence-corrected chi connectivity index (χ2v) is 9.47. The molecule has 0 aliphatic carbocycles. The van der Waals surface area contributed by atoms with Crippen LogP contribution in [0.25, 0.3) is 33.5 Å². The summed E-state index contributed by atoms with van der Waals surface area (Å²) < 4.78 is 0. The van der Waals surface area contributed by atoms with Crippen LogP contribution in [-0.4, -0.2) is 34.1 Å². The Morgan fingerprint density at radius 2 is 1.94 bits per heavy atom. The standard InChI is InChI=1S/C26H26ClN7/c1-14-7-15(2)9-16(8-14)19-12-31-25(30)23(24(19)34-6-5-20(29)17(11-28)13-34)26-32-21-4-3-18(27)10-22(21)33-26/h3-4,7-10,12,17,20H,5-6,13,29H2,1-2H3,(H2,30,31)(H,32,33). The Balaban J connectivity index is 1.77. The number of nitrogens with two attached hydrogens (primary N) is 2. The molecule has 5 rings (SSSR count). The summed E-state index contributed by atoms with van der Waals surface area (Å²) in [6.45, 7) is 5.38. The number of anilines is 2. The quantitative estimate of drug-likeness (QED) is 0.394. The van der Waals surface area contributed by atoms with Crippen molar-refractivity contribution in [2.45, 2.75) is 26.3 Å². The lowest BCUT2D eigenvalue weighted by atomic mass is 9.91. The number of benzene rings is 2. The van der Waals surface area contributed by atoms with Gasteiger partial charge in [-0.05, 0) is 44.0 Å². The zero-order chi connectivity index (χ0) is 24.0. The Morgan fingerprint density at radius 1 is 1.18 bits per heavy atom. The number of pyridine rings is 1. The Morgan fingerprint density at radius 3 is 2.68 bits per heavy atom. The first-order valence-electron chi connectivity index (χ1n) is 11.3. The van der Waals surface area contributed by atoms with Crippen LogP contribution in [0.3, 0.4) is 0 Å². The van der Waals surface area contributed by atoms with Crippen LogP contribution >= 0.6 is 11.6 Å². The number of aromatic nitrogens is 3. The zero-order valence-electron chi connectivity index (χ0n) is 19.1. The molecule has 5 N–H and O–H groups in total. The predicted molar refractivity (Wildman–Crippen MR) is 138 cm³/mol. The van der Waals surface area contributed by atoms with E-state index in [2.05, 4.69) is 53.0 Å². The second kappa shape index (κ2) is 8.64. The van der Waals surface area contributed by atoms with Gasteiger partial charge in [-0.1, -0.05) is 40.9 Å². The van der Waals surface area contributed by atoms with E-state index in [1.54, 1.807) is 0 Å². The first-order valence-corrected chi connectivity index (χ1v) is 11.6. The van der Waals surface area contributed by atoms with E-state index in [1.807, 2.05) is 24.4 Å². The van der Waals surface area contributed by atoms with Crippen molar-refractivity contribution in [1.29, 1.82) is 5.26 Å². The summed E-state index contributed by atoms with van der Waals surface area (Å²) in [5.74, 6) is 0.709. The van der Waals surface area contributed by atoms with Crippen LogP contribution in [0.4, 0.5) is 11.5 Å². The summed E-state index contributed by atoms with van der Waals surface area (Å²) in [7, 11) is 0. The van der Waals surface area contributed by atoms with E-state index < -0.39 is 0 Å². The minimum absolute atomic E-state index is 0.151. The average molecular weight is 472 g/mol. The molecule has 4 aromatic rings. The van der Waals surface area contributed by atoms with Crippen LogP contribution in [0, 0.1) is 31.1 Å². The highest BCUT2D eigenvalue weighted by atomic mass is 35.5. The number of nitriles is 1. The molecule has 0 radical (unpaired) electrons. The van der Waals surface area contributed by atoms with Crippen LogP contribution in [0.5, 0.6) is 0 Å². The van der Waals surface area contributed by atoms with Crippen molar-refractivity contribution in [2.24, 2.45) is 11.7 Å². The number of hydrogen-bond acceptors (Lipinski definition) is 6. The molecular weight excluding hydrogens is 446 g/mol. The van der Waals surface area contributed by atoms with Gasteiger partial charge in [0.25, 0.3) is 0 Å². The number of imidazole rings is 1. The molecular formula is C26H26ClN7. The maximum atomic E-state index is 9.72. The minimum atomic E-state index is -0.280. The SMILES string of the molecule is Cc1cc(C)cc(-c2cnc(N)c(-c3nc4ccc(Cl)cc4[nH]3)c2N2CCC(N)C(C#N)C2)c1. The molecule has 34 heavy (non-hydrogen) atoms. The first kappa shape index (κ1) is 22.2. The number of rotatable bonds is 3. The van der Waals surface area contributed by atoms with Crippen molar-refractivity contribution >= 4 is 34.1 Å². The van der Waals surface area contributed by atoms with E-state index in [9.17, 15) is 5.26 Å². The molecule has 2 aromatic carbocycles. The maximum absolute atomic E-state index is 9.72. The molecule has 172 valence electrons. The van der Waals surface area contributed by atoms with Crippen LogP contribution in [0.2, 0.25) is 5.02 Å². The number of piperidine rings is 1. The van der Waals surface area contributed by atoms with Crippen LogP contribution in [0.15, 0.2) is 42.6 Å². The molecule has 0 amide bonds. The molecule has 2 aromatic heterocycles. The van der Waals surface area contributed by atoms with Crippen LogP contribution in [-0.2, 0) is 0 Å². The van der Waals surface area contributed by atoms with Gasteiger partial charge in [0.15, 0.2) is 0 Å². The van der Waals surface area contributed by atoms with Crippen LogP contribution in [0.1, 0.15) is 17.5 Å². The Bertz CT molecular complexity index is 1420. The fourth-order valence-corrected chi connectivity index (χ4v) is 5.00. The van der Waals surface area contributed by atoms with Gasteiger partial charge in [0.1, 0.15) is 11.6 Å². The third kappa shape index (κ3) is 3.96. The topological polar surface area (TPSA) is 121 Å². The summed E-state index contributed by atoms with van der Waals surface area (Å²) in [5.41, 5.74) is 20.3. The van der Waals surface area contributed by atoms with Gasteiger partial charge in [0, 0.05) is 35.9 Å². The number of hydrogen-bond donors (Lipinski definition) is 3. The van der Waals surface area contributed by atoms with Gasteiger partial charge in [-0.15, -0.1) is 0 Å². The van der Waals surface area contributed by atoms with E-state index >= 15 is 0 Å². The number of nitrogens with one attached hydrogen (secondary N) is 1. The van der Waals surface area contributed by atoms with Crippen LogP contribution < -0.4 is 16.4 Å². The smallest absolute Gasteiger partial charge is 0.144 e. The van der Waals surface area contributed by atoms with Gasteiger partial charge in [-0.25, -0.2) is 9.97 Å². The lowest BCUT2D eigenvalue weighted by Gasteiger charge is -2.37. The zero-order valence-corrected chi connectivity index (χ0v) is 19.9. The molecule has 0 saturated carbocycles. The fourth-order valence-electron chi connectivity index (χ4n) is 4.83. The second-order valence-electron chi connectivity index (χ2n) is 9.04. The molecule has 1 fully saturated rings. The molecule has 1 aliphatic rings. The normalized spacial score (nSPS) is 18.3. The first-order chi connectivity index (χ1) is 16.3. The molecule has 0 spiro atoms. The minimum Gasteiger partial charge on any atom is -0.383 e. The van der Waals surface area contributed by atoms with Crippen molar-refractivity contribution in [1.82, 2.24) is 15.0 Å². The number of aromatic amines is 1. The Kier molecular flexibility index (Phi) is 5.64. The number of H-pyrrole nitrogens is 1. The van der Waals surface area contributed by atoms with Gasteiger partial charge >= 0.3 is 0 Å². The fraction of sp³-hybridized carbons (Fsp3) is 0.269. The lowest BCUT2D eigenvalue weighted by molar-refractivity contribution is 0.424. The molecule has 1 aliphatic heterocycles. The third-order valence-electron chi connectivity index (χ3n) is 6.44. The molecule has 3 heterocycles. The van der Waals surface area contributed by atoms with Crippen molar-refractivity contribution < 1.29 is 0 Å². The maximum Gasteiger partial charge on any atom is 0.144 e. The van der Waals surface area contributed by atoms with Gasteiger partial charge in [-0.3, -0.25) is 0 Å². The molecule has 1 saturated heterocycles. The highest BCUT2D eigenvalue weighted by Crippen LogP contribution is 2.43. The summed E-state index contributed by atoms with van der Waals surface area (Å²) in [5, 5.41) is 10.3. The van der Waals surface area contributed by atoms with Gasteiger partial charge < -0.3 is 21.4 Å². The van der Waals surface area contributed by atoms with Gasteiger partial charge in [0.05, 0.1) is 34.3 Å². The number of nitrogens with zero attached hydrogens (tertiary/aromatic N) is 4. The number of aryl methyl sites for hydroxylation is 2. The predicted octanol–water partition coefficient (Wildman–Crippen LogP) is 4.82. The van der Waals surface area contributed by atoms with E-state index in [4.69, 9.17) is 28.1 Å². The third-order valence-corrected chi connectivity index (χ3v) is 6.68. The summed E-state index contributed by atoms with van der Waals surface area (Å²) in [6.07, 6.45) is 2.53.